The number of carbonyl (C=O) groups excluding carboxylic acids is 1. The van der Waals surface area contributed by atoms with Crippen LogP contribution in [0.2, 0.25) is 0 Å². The van der Waals surface area contributed by atoms with Crippen LogP contribution in [0.1, 0.15) is 27.2 Å². The van der Waals surface area contributed by atoms with Crippen LogP contribution in [0.25, 0.3) is 0 Å². The first-order chi connectivity index (χ1) is 12.2. The van der Waals surface area contributed by atoms with Gasteiger partial charge in [-0.25, -0.2) is 8.42 Å². The fourth-order valence-electron chi connectivity index (χ4n) is 3.11. The van der Waals surface area contributed by atoms with E-state index < -0.39 is 10.0 Å². The third kappa shape index (κ3) is 3.46. The number of hydrogen-bond donors (Lipinski definition) is 1. The molecule has 9 heteroatoms. The molecule has 3 rings (SSSR count). The molecule has 1 saturated heterocycles. The van der Waals surface area contributed by atoms with E-state index in [-0.39, 0.29) is 28.1 Å². The van der Waals surface area contributed by atoms with Crippen LogP contribution in [-0.2, 0) is 10.0 Å². The Bertz CT molecular complexity index is 999. The minimum atomic E-state index is -3.72. The molecule has 0 aliphatic carbocycles. The molecular weight excluding hydrogens is 374 g/mol. The van der Waals surface area contributed by atoms with Crippen molar-refractivity contribution in [2.45, 2.75) is 25.0 Å². The van der Waals surface area contributed by atoms with Crippen LogP contribution in [0.15, 0.2) is 27.2 Å². The van der Waals surface area contributed by atoms with Crippen LogP contribution in [0.4, 0.5) is 0 Å². The van der Waals surface area contributed by atoms with E-state index in [1.165, 1.54) is 4.31 Å². The summed E-state index contributed by atoms with van der Waals surface area (Å²) in [7, 11) is -3.72. The quantitative estimate of drug-likeness (QED) is 0.853. The van der Waals surface area contributed by atoms with Crippen molar-refractivity contribution in [1.82, 2.24) is 14.2 Å². The van der Waals surface area contributed by atoms with Crippen molar-refractivity contribution >= 4 is 27.3 Å². The number of nitrogens with one attached hydrogen (secondary N) is 1. The van der Waals surface area contributed by atoms with E-state index in [1.54, 1.807) is 11.8 Å². The molecule has 1 aromatic carbocycles. The molecule has 1 N–H and O–H groups in total. The molecular formula is C17H21N3O4S2. The van der Waals surface area contributed by atoms with Crippen LogP contribution >= 0.6 is 11.3 Å². The summed E-state index contributed by atoms with van der Waals surface area (Å²) in [4.78, 5) is 27.9. The van der Waals surface area contributed by atoms with Crippen LogP contribution in [-0.4, -0.2) is 54.7 Å². The molecule has 0 atom stereocenters. The Morgan fingerprint density at radius 3 is 2.31 bits per heavy atom. The summed E-state index contributed by atoms with van der Waals surface area (Å²) in [6.45, 7) is 6.52. The highest BCUT2D eigenvalue weighted by atomic mass is 32.2. The highest BCUT2D eigenvalue weighted by molar-refractivity contribution is 7.91. The zero-order chi connectivity index (χ0) is 19.1. The van der Waals surface area contributed by atoms with Crippen molar-refractivity contribution in [3.8, 4) is 0 Å². The summed E-state index contributed by atoms with van der Waals surface area (Å²) >= 11 is 0.701. The number of aryl methyl sites for hydroxylation is 3. The van der Waals surface area contributed by atoms with Crippen molar-refractivity contribution in [1.29, 1.82) is 0 Å². The number of nitrogens with zero attached hydrogens (tertiary/aromatic N) is 2. The number of carbonyl (C=O) groups is 1. The second kappa shape index (κ2) is 6.98. The van der Waals surface area contributed by atoms with Crippen LogP contribution < -0.4 is 4.87 Å². The van der Waals surface area contributed by atoms with E-state index >= 15 is 0 Å². The number of piperazine rings is 1. The van der Waals surface area contributed by atoms with Gasteiger partial charge in [0.05, 0.1) is 0 Å². The zero-order valence-electron chi connectivity index (χ0n) is 14.9. The third-order valence-electron chi connectivity index (χ3n) is 4.49. The molecule has 0 unspecified atom stereocenters. The summed E-state index contributed by atoms with van der Waals surface area (Å²) in [6.07, 6.45) is 0. The number of H-pyrrole nitrogens is 1. The largest absolute Gasteiger partial charge is 0.336 e. The molecule has 26 heavy (non-hydrogen) atoms. The van der Waals surface area contributed by atoms with Gasteiger partial charge in [-0.1, -0.05) is 29.0 Å². The molecule has 1 amide bonds. The molecule has 0 bridgehead atoms. The van der Waals surface area contributed by atoms with Crippen LogP contribution in [0.3, 0.4) is 0 Å². The monoisotopic (exact) mass is 395 g/mol. The van der Waals surface area contributed by atoms with Gasteiger partial charge in [0.15, 0.2) is 4.21 Å². The summed E-state index contributed by atoms with van der Waals surface area (Å²) in [6, 6.07) is 5.68. The van der Waals surface area contributed by atoms with Gasteiger partial charge in [0.25, 0.3) is 15.9 Å². The van der Waals surface area contributed by atoms with Crippen molar-refractivity contribution in [2.75, 3.05) is 26.2 Å². The van der Waals surface area contributed by atoms with Gasteiger partial charge in [-0.2, -0.15) is 4.31 Å². The van der Waals surface area contributed by atoms with Crippen molar-refractivity contribution in [2.24, 2.45) is 0 Å². The number of thiazole rings is 1. The van der Waals surface area contributed by atoms with Gasteiger partial charge in [-0.3, -0.25) is 9.59 Å². The number of hydrogen-bond acceptors (Lipinski definition) is 5. The Balaban J connectivity index is 1.74. The second-order valence-electron chi connectivity index (χ2n) is 6.44. The van der Waals surface area contributed by atoms with Gasteiger partial charge in [0.1, 0.15) is 0 Å². The molecule has 1 aromatic heterocycles. The maximum Gasteiger partial charge on any atom is 0.305 e. The lowest BCUT2D eigenvalue weighted by molar-refractivity contribution is 0.0697. The Morgan fingerprint density at radius 2 is 1.77 bits per heavy atom. The minimum Gasteiger partial charge on any atom is -0.336 e. The first kappa shape index (κ1) is 18.8. The van der Waals surface area contributed by atoms with Gasteiger partial charge in [-0.15, -0.1) is 0 Å². The van der Waals surface area contributed by atoms with Gasteiger partial charge in [-0.05, 0) is 32.4 Å². The highest BCUT2D eigenvalue weighted by Gasteiger charge is 2.33. The van der Waals surface area contributed by atoms with Gasteiger partial charge < -0.3 is 9.88 Å². The first-order valence-corrected chi connectivity index (χ1v) is 10.5. The standard InChI is InChI=1S/C17H21N3O4S2/c1-11-4-5-14(12(2)10-11)15(21)19-6-8-20(9-7-19)26(23,24)16-13(3)18-17(22)25-16/h4-5,10H,6-9H2,1-3H3,(H,18,22). The van der Waals surface area contributed by atoms with E-state index in [9.17, 15) is 18.0 Å². The molecule has 0 saturated carbocycles. The maximum absolute atomic E-state index is 12.7. The predicted molar refractivity (Wildman–Crippen MR) is 100 cm³/mol. The fraction of sp³-hybridized carbons (Fsp3) is 0.412. The van der Waals surface area contributed by atoms with Gasteiger partial charge in [0.2, 0.25) is 0 Å². The Kier molecular flexibility index (Phi) is 5.05. The summed E-state index contributed by atoms with van der Waals surface area (Å²) in [5, 5.41) is 0. The molecule has 1 aliphatic heterocycles. The number of sulfonamides is 1. The molecule has 0 spiro atoms. The van der Waals surface area contributed by atoms with Crippen LogP contribution in [0.5, 0.6) is 0 Å². The smallest absolute Gasteiger partial charge is 0.305 e. The lowest BCUT2D eigenvalue weighted by atomic mass is 10.0. The number of aromatic amines is 1. The topological polar surface area (TPSA) is 90.6 Å². The lowest BCUT2D eigenvalue weighted by Gasteiger charge is -2.34. The Labute approximate surface area is 156 Å². The van der Waals surface area contributed by atoms with E-state index in [2.05, 4.69) is 4.98 Å². The zero-order valence-corrected chi connectivity index (χ0v) is 16.5. The SMILES string of the molecule is Cc1ccc(C(=O)N2CCN(S(=O)(=O)c3sc(=O)[nH]c3C)CC2)c(C)c1. The molecule has 140 valence electrons. The van der Waals surface area contributed by atoms with Gasteiger partial charge >= 0.3 is 4.87 Å². The fourth-order valence-corrected chi connectivity index (χ4v) is 5.97. The normalized spacial score (nSPS) is 16.0. The number of benzene rings is 1. The van der Waals surface area contributed by atoms with Crippen molar-refractivity contribution in [3.05, 3.63) is 50.3 Å². The second-order valence-corrected chi connectivity index (χ2v) is 9.56. The summed E-state index contributed by atoms with van der Waals surface area (Å²) in [5.74, 6) is -0.0815. The molecule has 0 radical (unpaired) electrons. The lowest BCUT2D eigenvalue weighted by Crippen LogP contribution is -2.50. The average molecular weight is 396 g/mol. The molecule has 1 aliphatic rings. The van der Waals surface area contributed by atoms with E-state index in [4.69, 9.17) is 0 Å². The maximum atomic E-state index is 12.7. The molecule has 2 heterocycles. The van der Waals surface area contributed by atoms with Crippen LogP contribution in [0, 0.1) is 20.8 Å². The third-order valence-corrected chi connectivity index (χ3v) is 7.97. The van der Waals surface area contributed by atoms with Gasteiger partial charge in [0, 0.05) is 37.4 Å². The molecule has 1 fully saturated rings. The Hall–Kier alpha value is -1.97. The number of aromatic nitrogens is 1. The molecule has 7 nitrogen and oxygen atoms in total. The van der Waals surface area contributed by atoms with E-state index in [1.807, 2.05) is 32.0 Å². The molecule has 2 aromatic rings. The van der Waals surface area contributed by atoms with Crippen molar-refractivity contribution < 1.29 is 13.2 Å². The summed E-state index contributed by atoms with van der Waals surface area (Å²) in [5.41, 5.74) is 3.01. The van der Waals surface area contributed by atoms with Crippen molar-refractivity contribution in [3.63, 3.8) is 0 Å². The number of rotatable bonds is 3. The first-order valence-electron chi connectivity index (χ1n) is 8.26. The summed E-state index contributed by atoms with van der Waals surface area (Å²) < 4.78 is 26.9. The van der Waals surface area contributed by atoms with E-state index in [0.717, 1.165) is 11.1 Å². The highest BCUT2D eigenvalue weighted by Crippen LogP contribution is 2.23. The predicted octanol–water partition coefficient (Wildman–Crippen LogP) is 1.51. The minimum absolute atomic E-state index is 0.0525. The average Bonchev–Trinajstić information content (AvgIpc) is 2.93. The van der Waals surface area contributed by atoms with E-state index in [0.29, 0.717) is 35.7 Å². The number of amides is 1. The Morgan fingerprint density at radius 1 is 1.12 bits per heavy atom.